The van der Waals surface area contributed by atoms with Gasteiger partial charge in [0.15, 0.2) is 0 Å². The number of aromatic nitrogens is 2. The number of benzene rings is 4. The third-order valence-electron chi connectivity index (χ3n) is 5.82. The van der Waals surface area contributed by atoms with Crippen LogP contribution in [0.3, 0.4) is 0 Å². The normalized spacial score (nSPS) is 10.8. The Kier molecular flexibility index (Phi) is 6.44. The Morgan fingerprint density at radius 1 is 0.800 bits per heavy atom. The van der Waals surface area contributed by atoms with Crippen LogP contribution in [0, 0.1) is 0 Å². The van der Waals surface area contributed by atoms with Gasteiger partial charge in [0.05, 0.1) is 18.1 Å². The summed E-state index contributed by atoms with van der Waals surface area (Å²) in [6.07, 6.45) is 1.64. The van der Waals surface area contributed by atoms with E-state index in [0.717, 1.165) is 41.1 Å². The summed E-state index contributed by atoms with van der Waals surface area (Å²) in [6, 6.07) is 33.4. The number of imidazole rings is 1. The van der Waals surface area contributed by atoms with E-state index in [1.54, 1.807) is 13.2 Å². The van der Waals surface area contributed by atoms with Gasteiger partial charge in [0.25, 0.3) is 0 Å². The van der Waals surface area contributed by atoms with E-state index >= 15 is 0 Å². The van der Waals surface area contributed by atoms with Gasteiger partial charge in [-0.2, -0.15) is 0 Å². The van der Waals surface area contributed by atoms with Crippen molar-refractivity contribution in [2.45, 2.75) is 12.8 Å². The zero-order chi connectivity index (χ0) is 24.0. The van der Waals surface area contributed by atoms with Crippen LogP contribution >= 0.6 is 0 Å². The fraction of sp³-hybridized carbons (Fsp3) is 0.103. The second kappa shape index (κ2) is 10.1. The van der Waals surface area contributed by atoms with E-state index in [2.05, 4.69) is 39.5 Å². The third kappa shape index (κ3) is 5.17. The molecule has 0 atom stereocenters. The quantitative estimate of drug-likeness (QED) is 0.292. The standard InChI is InChI=1S/C29H26N4O2/c1-35-25-11-7-8-23(20-25)31-29(34)30-22-17-14-21(15-18-22)16-19-28-32-26-12-5-6-13-27(26)33(28)24-9-3-2-4-10-24/h2-15,17-18,20H,16,19H2,1H3,(H2,30,31,34). The van der Waals surface area contributed by atoms with Crippen LogP contribution in [-0.4, -0.2) is 22.7 Å². The molecule has 0 saturated heterocycles. The van der Waals surface area contributed by atoms with Crippen LogP contribution in [0.5, 0.6) is 5.75 Å². The lowest BCUT2D eigenvalue weighted by molar-refractivity contribution is 0.262. The lowest BCUT2D eigenvalue weighted by Crippen LogP contribution is -2.19. The SMILES string of the molecule is COc1cccc(NC(=O)Nc2ccc(CCc3nc4ccccc4n3-c3ccccc3)cc2)c1. The Morgan fingerprint density at radius 2 is 1.54 bits per heavy atom. The number of nitrogens with one attached hydrogen (secondary N) is 2. The van der Waals surface area contributed by atoms with Crippen molar-refractivity contribution in [3.05, 3.63) is 115 Å². The van der Waals surface area contributed by atoms with Gasteiger partial charge < -0.3 is 15.4 Å². The molecule has 0 spiro atoms. The van der Waals surface area contributed by atoms with Crippen molar-refractivity contribution in [1.82, 2.24) is 9.55 Å². The van der Waals surface area contributed by atoms with Crippen molar-refractivity contribution in [1.29, 1.82) is 0 Å². The van der Waals surface area contributed by atoms with Crippen LogP contribution in [0.15, 0.2) is 103 Å². The molecular weight excluding hydrogens is 436 g/mol. The highest BCUT2D eigenvalue weighted by molar-refractivity contribution is 5.99. The molecule has 6 nitrogen and oxygen atoms in total. The molecule has 1 aromatic heterocycles. The molecule has 4 aromatic carbocycles. The topological polar surface area (TPSA) is 68.2 Å². The molecule has 1 heterocycles. The summed E-state index contributed by atoms with van der Waals surface area (Å²) in [4.78, 5) is 17.3. The van der Waals surface area contributed by atoms with Gasteiger partial charge in [-0.3, -0.25) is 4.57 Å². The number of hydrogen-bond donors (Lipinski definition) is 2. The number of rotatable bonds is 7. The number of carbonyl (C=O) groups is 1. The number of para-hydroxylation sites is 3. The smallest absolute Gasteiger partial charge is 0.323 e. The summed E-state index contributed by atoms with van der Waals surface area (Å²) in [6.45, 7) is 0. The van der Waals surface area contributed by atoms with Crippen LogP contribution < -0.4 is 15.4 Å². The van der Waals surface area contributed by atoms with Crippen molar-refractivity contribution >= 4 is 28.4 Å². The van der Waals surface area contributed by atoms with Gasteiger partial charge in [-0.1, -0.05) is 48.5 Å². The molecule has 2 N–H and O–H groups in total. The summed E-state index contributed by atoms with van der Waals surface area (Å²) in [7, 11) is 1.60. The van der Waals surface area contributed by atoms with Gasteiger partial charge in [0.2, 0.25) is 0 Å². The second-order valence-corrected chi connectivity index (χ2v) is 8.20. The second-order valence-electron chi connectivity index (χ2n) is 8.20. The molecular formula is C29H26N4O2. The molecule has 0 aliphatic heterocycles. The van der Waals surface area contributed by atoms with Crippen LogP contribution in [0.2, 0.25) is 0 Å². The van der Waals surface area contributed by atoms with Crippen LogP contribution in [-0.2, 0) is 12.8 Å². The first-order valence-corrected chi connectivity index (χ1v) is 11.5. The summed E-state index contributed by atoms with van der Waals surface area (Å²) in [5, 5.41) is 5.69. The summed E-state index contributed by atoms with van der Waals surface area (Å²) in [5.41, 5.74) is 5.78. The maximum atomic E-state index is 12.4. The van der Waals surface area contributed by atoms with E-state index in [-0.39, 0.29) is 6.03 Å². The molecule has 0 bridgehead atoms. The molecule has 2 amide bonds. The van der Waals surface area contributed by atoms with E-state index in [9.17, 15) is 4.79 Å². The Bertz CT molecular complexity index is 1440. The minimum atomic E-state index is -0.303. The van der Waals surface area contributed by atoms with Gasteiger partial charge >= 0.3 is 6.03 Å². The number of nitrogens with zero attached hydrogens (tertiary/aromatic N) is 2. The van der Waals surface area contributed by atoms with E-state index in [4.69, 9.17) is 9.72 Å². The van der Waals surface area contributed by atoms with Crippen LogP contribution in [0.25, 0.3) is 16.7 Å². The minimum absolute atomic E-state index is 0.303. The number of aryl methyl sites for hydroxylation is 2. The molecule has 174 valence electrons. The molecule has 35 heavy (non-hydrogen) atoms. The van der Waals surface area contributed by atoms with E-state index < -0.39 is 0 Å². The molecule has 5 aromatic rings. The van der Waals surface area contributed by atoms with Gasteiger partial charge in [0, 0.05) is 29.5 Å². The van der Waals surface area contributed by atoms with Crippen molar-refractivity contribution in [3.8, 4) is 11.4 Å². The molecule has 0 aliphatic rings. The Morgan fingerprint density at radius 3 is 2.34 bits per heavy atom. The number of amides is 2. The number of ether oxygens (including phenoxy) is 1. The number of hydrogen-bond acceptors (Lipinski definition) is 3. The fourth-order valence-electron chi connectivity index (χ4n) is 4.11. The van der Waals surface area contributed by atoms with Crippen molar-refractivity contribution < 1.29 is 9.53 Å². The molecule has 6 heteroatoms. The van der Waals surface area contributed by atoms with Gasteiger partial charge in [-0.25, -0.2) is 9.78 Å². The fourth-order valence-corrected chi connectivity index (χ4v) is 4.11. The van der Waals surface area contributed by atoms with Crippen molar-refractivity contribution in [3.63, 3.8) is 0 Å². The zero-order valence-electron chi connectivity index (χ0n) is 19.4. The van der Waals surface area contributed by atoms with Gasteiger partial charge in [0.1, 0.15) is 11.6 Å². The first-order valence-electron chi connectivity index (χ1n) is 11.5. The summed E-state index contributed by atoms with van der Waals surface area (Å²) in [5.74, 6) is 1.71. The number of fused-ring (bicyclic) bond motifs is 1. The highest BCUT2D eigenvalue weighted by Gasteiger charge is 2.12. The lowest BCUT2D eigenvalue weighted by Gasteiger charge is -2.10. The molecule has 0 unspecified atom stereocenters. The Labute approximate surface area is 204 Å². The largest absolute Gasteiger partial charge is 0.497 e. The maximum Gasteiger partial charge on any atom is 0.323 e. The number of urea groups is 1. The Balaban J connectivity index is 1.26. The van der Waals surface area contributed by atoms with E-state index in [1.807, 2.05) is 72.8 Å². The van der Waals surface area contributed by atoms with Crippen LogP contribution in [0.1, 0.15) is 11.4 Å². The van der Waals surface area contributed by atoms with Crippen LogP contribution in [0.4, 0.5) is 16.2 Å². The predicted octanol–water partition coefficient (Wildman–Crippen LogP) is 6.46. The molecule has 0 saturated carbocycles. The number of anilines is 2. The molecule has 0 aliphatic carbocycles. The first-order chi connectivity index (χ1) is 17.2. The minimum Gasteiger partial charge on any atom is -0.497 e. The highest BCUT2D eigenvalue weighted by Crippen LogP contribution is 2.23. The Hall–Kier alpha value is -4.58. The average molecular weight is 463 g/mol. The monoisotopic (exact) mass is 462 g/mol. The number of carbonyl (C=O) groups excluding carboxylic acids is 1. The van der Waals surface area contributed by atoms with Crippen molar-refractivity contribution in [2.75, 3.05) is 17.7 Å². The van der Waals surface area contributed by atoms with Gasteiger partial charge in [-0.05, 0) is 60.5 Å². The average Bonchev–Trinajstić information content (AvgIpc) is 3.27. The molecule has 5 rings (SSSR count). The maximum absolute atomic E-state index is 12.4. The molecule has 0 fully saturated rings. The number of methoxy groups -OCH3 is 1. The predicted molar refractivity (Wildman–Crippen MR) is 141 cm³/mol. The third-order valence-corrected chi connectivity index (χ3v) is 5.82. The van der Waals surface area contributed by atoms with Gasteiger partial charge in [-0.15, -0.1) is 0 Å². The first kappa shape index (κ1) is 22.2. The van der Waals surface area contributed by atoms with E-state index in [0.29, 0.717) is 11.4 Å². The lowest BCUT2D eigenvalue weighted by atomic mass is 10.1. The van der Waals surface area contributed by atoms with Crippen molar-refractivity contribution in [2.24, 2.45) is 0 Å². The highest BCUT2D eigenvalue weighted by atomic mass is 16.5. The molecule has 0 radical (unpaired) electrons. The summed E-state index contributed by atoms with van der Waals surface area (Å²) >= 11 is 0. The van der Waals surface area contributed by atoms with E-state index in [1.165, 1.54) is 5.56 Å². The zero-order valence-corrected chi connectivity index (χ0v) is 19.4. The summed E-state index contributed by atoms with van der Waals surface area (Å²) < 4.78 is 7.42.